The van der Waals surface area contributed by atoms with Crippen LogP contribution in [-0.2, 0) is 14.8 Å². The van der Waals surface area contributed by atoms with E-state index < -0.39 is 10.0 Å². The Kier molecular flexibility index (Phi) is 6.34. The smallest absolute Gasteiger partial charge is 0.264 e. The Balaban J connectivity index is 1.84. The van der Waals surface area contributed by atoms with E-state index >= 15 is 0 Å². The van der Waals surface area contributed by atoms with Crippen LogP contribution in [0.4, 0.5) is 10.8 Å². The zero-order valence-electron chi connectivity index (χ0n) is 16.5. The molecule has 0 atom stereocenters. The maximum atomic E-state index is 13.3. The second-order valence-electron chi connectivity index (χ2n) is 6.80. The summed E-state index contributed by atoms with van der Waals surface area (Å²) in [6.07, 6.45) is 1.69. The van der Waals surface area contributed by atoms with Crippen molar-refractivity contribution >= 4 is 38.1 Å². The van der Waals surface area contributed by atoms with Gasteiger partial charge in [-0.15, -0.1) is 11.3 Å². The van der Waals surface area contributed by atoms with Crippen molar-refractivity contribution in [2.75, 3.05) is 16.2 Å². The number of nitrogens with zero attached hydrogens (tertiary/aromatic N) is 2. The summed E-state index contributed by atoms with van der Waals surface area (Å²) >= 11 is 1.38. The second kappa shape index (κ2) is 8.75. The Morgan fingerprint density at radius 2 is 1.59 bits per heavy atom. The molecule has 152 valence electrons. The number of sulfonamides is 1. The molecule has 1 aromatic heterocycles. The lowest BCUT2D eigenvalue weighted by atomic mass is 10.2. The fourth-order valence-corrected chi connectivity index (χ4v) is 4.88. The van der Waals surface area contributed by atoms with Crippen LogP contribution in [0.1, 0.15) is 22.4 Å². The monoisotopic (exact) mass is 429 g/mol. The number of carbonyl (C=O) groups is 1. The van der Waals surface area contributed by atoms with Crippen LogP contribution >= 0.6 is 11.3 Å². The molecule has 3 rings (SSSR count). The second-order valence-corrected chi connectivity index (χ2v) is 9.90. The van der Waals surface area contributed by atoms with Crippen molar-refractivity contribution < 1.29 is 13.2 Å². The molecule has 3 aromatic rings. The van der Waals surface area contributed by atoms with Crippen LogP contribution in [0, 0.1) is 20.8 Å². The standard InChI is InChI=1S/C21H23N3O3S2/c1-15-4-8-18(9-5-15)24(29(26,27)19-10-6-16(2)7-11-19)13-12-20(25)23-21-22-14-17(3)28-21/h4-11,14H,12-13H2,1-3H3,(H,22,23,25). The molecule has 8 heteroatoms. The minimum Gasteiger partial charge on any atom is -0.302 e. The fourth-order valence-electron chi connectivity index (χ4n) is 2.73. The van der Waals surface area contributed by atoms with Gasteiger partial charge in [-0.25, -0.2) is 13.4 Å². The molecule has 0 spiro atoms. The largest absolute Gasteiger partial charge is 0.302 e. The van der Waals surface area contributed by atoms with Gasteiger partial charge in [-0.2, -0.15) is 0 Å². The number of anilines is 2. The first-order valence-electron chi connectivity index (χ1n) is 9.14. The number of carbonyl (C=O) groups excluding carboxylic acids is 1. The molecular formula is C21H23N3O3S2. The maximum Gasteiger partial charge on any atom is 0.264 e. The summed E-state index contributed by atoms with van der Waals surface area (Å²) < 4.78 is 27.9. The van der Waals surface area contributed by atoms with Crippen molar-refractivity contribution in [3.63, 3.8) is 0 Å². The number of amides is 1. The summed E-state index contributed by atoms with van der Waals surface area (Å²) in [6, 6.07) is 13.9. The van der Waals surface area contributed by atoms with E-state index in [4.69, 9.17) is 0 Å². The average Bonchev–Trinajstić information content (AvgIpc) is 3.08. The van der Waals surface area contributed by atoms with Crippen molar-refractivity contribution in [2.45, 2.75) is 32.1 Å². The quantitative estimate of drug-likeness (QED) is 0.608. The van der Waals surface area contributed by atoms with Gasteiger partial charge in [0.05, 0.1) is 10.6 Å². The first-order valence-corrected chi connectivity index (χ1v) is 11.4. The van der Waals surface area contributed by atoms with E-state index in [0.29, 0.717) is 10.8 Å². The molecule has 1 heterocycles. The first kappa shape index (κ1) is 21.0. The SMILES string of the molecule is Cc1ccc(N(CCC(=O)Nc2ncc(C)s2)S(=O)(=O)c2ccc(C)cc2)cc1. The molecule has 0 radical (unpaired) electrons. The van der Waals surface area contributed by atoms with E-state index in [1.807, 2.05) is 32.9 Å². The van der Waals surface area contributed by atoms with Gasteiger partial charge in [0.2, 0.25) is 5.91 Å². The summed E-state index contributed by atoms with van der Waals surface area (Å²) in [7, 11) is -3.81. The van der Waals surface area contributed by atoms with Crippen molar-refractivity contribution in [1.82, 2.24) is 4.98 Å². The third kappa shape index (κ3) is 5.21. The van der Waals surface area contributed by atoms with Gasteiger partial charge in [0.25, 0.3) is 10.0 Å². The highest BCUT2D eigenvalue weighted by Gasteiger charge is 2.25. The Morgan fingerprint density at radius 3 is 2.14 bits per heavy atom. The molecule has 0 aliphatic rings. The van der Waals surface area contributed by atoms with E-state index in [2.05, 4.69) is 10.3 Å². The molecule has 6 nitrogen and oxygen atoms in total. The van der Waals surface area contributed by atoms with E-state index in [-0.39, 0.29) is 23.8 Å². The van der Waals surface area contributed by atoms with Crippen LogP contribution in [0.2, 0.25) is 0 Å². The Hall–Kier alpha value is -2.71. The first-order chi connectivity index (χ1) is 13.8. The van der Waals surface area contributed by atoms with Crippen LogP contribution in [0.15, 0.2) is 59.6 Å². The number of nitrogens with one attached hydrogen (secondary N) is 1. The molecule has 2 aromatic carbocycles. The molecule has 0 aliphatic carbocycles. The van der Waals surface area contributed by atoms with Gasteiger partial charge in [-0.1, -0.05) is 35.4 Å². The summed E-state index contributed by atoms with van der Waals surface area (Å²) in [5.74, 6) is -0.282. The summed E-state index contributed by atoms with van der Waals surface area (Å²) in [5, 5.41) is 3.23. The highest BCUT2D eigenvalue weighted by atomic mass is 32.2. The number of aryl methyl sites for hydroxylation is 3. The number of benzene rings is 2. The lowest BCUT2D eigenvalue weighted by Gasteiger charge is -2.24. The maximum absolute atomic E-state index is 13.3. The normalized spacial score (nSPS) is 11.3. The zero-order chi connectivity index (χ0) is 21.0. The lowest BCUT2D eigenvalue weighted by molar-refractivity contribution is -0.116. The molecule has 0 saturated heterocycles. The average molecular weight is 430 g/mol. The van der Waals surface area contributed by atoms with Gasteiger partial charge in [0.1, 0.15) is 0 Å². The molecule has 0 fully saturated rings. The minimum absolute atomic E-state index is 0.0115. The number of thiazole rings is 1. The summed E-state index contributed by atoms with van der Waals surface area (Å²) in [6.45, 7) is 5.76. The van der Waals surface area contributed by atoms with Crippen molar-refractivity contribution in [3.05, 3.63) is 70.7 Å². The van der Waals surface area contributed by atoms with E-state index in [0.717, 1.165) is 16.0 Å². The highest BCUT2D eigenvalue weighted by molar-refractivity contribution is 7.92. The van der Waals surface area contributed by atoms with Crippen LogP contribution < -0.4 is 9.62 Å². The van der Waals surface area contributed by atoms with Crippen molar-refractivity contribution in [3.8, 4) is 0 Å². The number of aromatic nitrogens is 1. The molecular weight excluding hydrogens is 406 g/mol. The Labute approximate surface area is 175 Å². The number of rotatable bonds is 7. The topological polar surface area (TPSA) is 79.4 Å². The van der Waals surface area contributed by atoms with Gasteiger partial charge >= 0.3 is 0 Å². The minimum atomic E-state index is -3.81. The van der Waals surface area contributed by atoms with Crippen LogP contribution in [0.25, 0.3) is 0 Å². The molecule has 0 aliphatic heterocycles. The predicted molar refractivity (Wildman–Crippen MR) is 117 cm³/mol. The summed E-state index contributed by atoms with van der Waals surface area (Å²) in [5.41, 5.74) is 2.52. The Bertz CT molecular complexity index is 1090. The molecule has 29 heavy (non-hydrogen) atoms. The van der Waals surface area contributed by atoms with E-state index in [1.165, 1.54) is 15.6 Å². The lowest BCUT2D eigenvalue weighted by Crippen LogP contribution is -2.34. The van der Waals surface area contributed by atoms with Crippen molar-refractivity contribution in [2.24, 2.45) is 0 Å². The number of hydrogen-bond donors (Lipinski definition) is 1. The van der Waals surface area contributed by atoms with Gasteiger partial charge in [-0.05, 0) is 45.0 Å². The van der Waals surface area contributed by atoms with Gasteiger partial charge < -0.3 is 5.32 Å². The molecule has 1 N–H and O–H groups in total. The summed E-state index contributed by atoms with van der Waals surface area (Å²) in [4.78, 5) is 17.6. The van der Waals surface area contributed by atoms with E-state index in [9.17, 15) is 13.2 Å². The number of hydrogen-bond acceptors (Lipinski definition) is 5. The van der Waals surface area contributed by atoms with Gasteiger partial charge in [0.15, 0.2) is 5.13 Å². The predicted octanol–water partition coefficient (Wildman–Crippen LogP) is 4.29. The third-order valence-electron chi connectivity index (χ3n) is 4.34. The molecule has 0 unspecified atom stereocenters. The van der Waals surface area contributed by atoms with Crippen LogP contribution in [0.3, 0.4) is 0 Å². The fraction of sp³-hybridized carbons (Fsp3) is 0.238. The molecule has 1 amide bonds. The highest BCUT2D eigenvalue weighted by Crippen LogP contribution is 2.25. The Morgan fingerprint density at radius 1 is 1.00 bits per heavy atom. The van der Waals surface area contributed by atoms with Gasteiger partial charge in [-0.3, -0.25) is 9.10 Å². The third-order valence-corrected chi connectivity index (χ3v) is 7.01. The van der Waals surface area contributed by atoms with Crippen LogP contribution in [0.5, 0.6) is 0 Å². The zero-order valence-corrected chi connectivity index (χ0v) is 18.2. The van der Waals surface area contributed by atoms with E-state index in [1.54, 1.807) is 42.6 Å². The molecule has 0 bridgehead atoms. The van der Waals surface area contributed by atoms with Crippen molar-refractivity contribution in [1.29, 1.82) is 0 Å². The van der Waals surface area contributed by atoms with Gasteiger partial charge in [0, 0.05) is 24.0 Å². The van der Waals surface area contributed by atoms with Crippen LogP contribution in [-0.4, -0.2) is 25.9 Å². The molecule has 0 saturated carbocycles.